The van der Waals surface area contributed by atoms with Crippen LogP contribution in [0, 0.1) is 10.1 Å². The fraction of sp³-hybridized carbons (Fsp3) is 0.200. The van der Waals surface area contributed by atoms with Gasteiger partial charge in [-0.15, -0.1) is 0 Å². The summed E-state index contributed by atoms with van der Waals surface area (Å²) in [4.78, 5) is 18.2. The smallest absolute Gasteiger partial charge is 0.315 e. The molecule has 7 nitrogen and oxygen atoms in total. The molecular formula is C10H9N3O4. The van der Waals surface area contributed by atoms with Gasteiger partial charge in [-0.3, -0.25) is 10.1 Å². The van der Waals surface area contributed by atoms with Crippen LogP contribution in [0.15, 0.2) is 18.6 Å². The molecule has 0 aliphatic heterocycles. The van der Waals surface area contributed by atoms with Crippen LogP contribution in [-0.2, 0) is 0 Å². The Morgan fingerprint density at radius 3 is 2.71 bits per heavy atom. The number of nitrogens with zero attached hydrogens (tertiary/aromatic N) is 3. The van der Waals surface area contributed by atoms with Crippen LogP contribution in [0.25, 0.3) is 10.9 Å². The minimum atomic E-state index is -0.534. The van der Waals surface area contributed by atoms with E-state index in [0.717, 1.165) is 0 Å². The highest BCUT2D eigenvalue weighted by molar-refractivity contribution is 5.93. The summed E-state index contributed by atoms with van der Waals surface area (Å²) in [7, 11) is 2.79. The number of methoxy groups -OCH3 is 2. The van der Waals surface area contributed by atoms with E-state index < -0.39 is 4.92 Å². The van der Waals surface area contributed by atoms with Crippen molar-refractivity contribution in [3.05, 3.63) is 28.7 Å². The molecule has 1 aromatic carbocycles. The summed E-state index contributed by atoms with van der Waals surface area (Å²) < 4.78 is 10.1. The van der Waals surface area contributed by atoms with Crippen LogP contribution < -0.4 is 9.47 Å². The van der Waals surface area contributed by atoms with E-state index in [0.29, 0.717) is 16.7 Å². The molecule has 0 amide bonds. The van der Waals surface area contributed by atoms with Crippen molar-refractivity contribution < 1.29 is 14.4 Å². The zero-order valence-corrected chi connectivity index (χ0v) is 9.21. The molecule has 0 saturated heterocycles. The van der Waals surface area contributed by atoms with Gasteiger partial charge >= 0.3 is 5.69 Å². The van der Waals surface area contributed by atoms with Crippen molar-refractivity contribution in [2.75, 3.05) is 14.2 Å². The van der Waals surface area contributed by atoms with Crippen molar-refractivity contribution in [3.8, 4) is 11.5 Å². The summed E-state index contributed by atoms with van der Waals surface area (Å²) in [6, 6.07) is 1.29. The van der Waals surface area contributed by atoms with E-state index in [1.54, 1.807) is 0 Å². The second-order valence-electron chi connectivity index (χ2n) is 3.17. The first-order valence-corrected chi connectivity index (χ1v) is 4.68. The minimum Gasteiger partial charge on any atom is -0.494 e. The molecule has 17 heavy (non-hydrogen) atoms. The van der Waals surface area contributed by atoms with Gasteiger partial charge in [0.2, 0.25) is 5.75 Å². The summed E-state index contributed by atoms with van der Waals surface area (Å²) >= 11 is 0. The molecule has 88 valence electrons. The molecule has 0 fully saturated rings. The molecular weight excluding hydrogens is 226 g/mol. The molecule has 2 rings (SSSR count). The molecule has 0 radical (unpaired) electrons. The number of aromatic nitrogens is 2. The summed E-state index contributed by atoms with van der Waals surface area (Å²) in [5, 5.41) is 11.4. The van der Waals surface area contributed by atoms with Crippen LogP contribution in [0.2, 0.25) is 0 Å². The van der Waals surface area contributed by atoms with Crippen LogP contribution in [0.1, 0.15) is 0 Å². The fourth-order valence-corrected chi connectivity index (χ4v) is 1.59. The van der Waals surface area contributed by atoms with Crippen molar-refractivity contribution in [3.63, 3.8) is 0 Å². The van der Waals surface area contributed by atoms with Crippen LogP contribution in [0.3, 0.4) is 0 Å². The number of fused-ring (bicyclic) bond motifs is 1. The SMILES string of the molecule is COc1c([N+](=O)[O-])cc(OC)c2ncncc12. The van der Waals surface area contributed by atoms with E-state index in [2.05, 4.69) is 9.97 Å². The maximum Gasteiger partial charge on any atom is 0.315 e. The molecule has 0 aliphatic carbocycles. The number of rotatable bonds is 3. The first kappa shape index (κ1) is 11.1. The van der Waals surface area contributed by atoms with Crippen molar-refractivity contribution in [1.29, 1.82) is 0 Å². The van der Waals surface area contributed by atoms with Gasteiger partial charge in [-0.2, -0.15) is 0 Å². The number of ether oxygens (including phenoxy) is 2. The number of hydrogen-bond acceptors (Lipinski definition) is 6. The predicted molar refractivity (Wildman–Crippen MR) is 59.3 cm³/mol. The van der Waals surface area contributed by atoms with E-state index in [1.807, 2.05) is 0 Å². The molecule has 2 aromatic rings. The van der Waals surface area contributed by atoms with Crippen molar-refractivity contribution in [1.82, 2.24) is 9.97 Å². The van der Waals surface area contributed by atoms with Gasteiger partial charge in [0.05, 0.1) is 30.6 Å². The molecule has 1 aromatic heterocycles. The number of nitro benzene ring substituents is 1. The van der Waals surface area contributed by atoms with Crippen LogP contribution in [0.4, 0.5) is 5.69 Å². The lowest BCUT2D eigenvalue weighted by Crippen LogP contribution is -1.98. The third-order valence-electron chi connectivity index (χ3n) is 2.31. The van der Waals surface area contributed by atoms with Gasteiger partial charge in [0.25, 0.3) is 0 Å². The Labute approximate surface area is 96.2 Å². The Balaban J connectivity index is 2.89. The second kappa shape index (κ2) is 4.20. The quantitative estimate of drug-likeness (QED) is 0.592. The highest BCUT2D eigenvalue weighted by Gasteiger charge is 2.22. The van der Waals surface area contributed by atoms with Gasteiger partial charge in [0, 0.05) is 6.20 Å². The van der Waals surface area contributed by atoms with Crippen molar-refractivity contribution >= 4 is 16.6 Å². The van der Waals surface area contributed by atoms with Gasteiger partial charge in [-0.05, 0) is 0 Å². The van der Waals surface area contributed by atoms with Gasteiger partial charge in [0.15, 0.2) is 5.75 Å². The predicted octanol–water partition coefficient (Wildman–Crippen LogP) is 1.56. The van der Waals surface area contributed by atoms with Crippen LogP contribution in [-0.4, -0.2) is 29.1 Å². The lowest BCUT2D eigenvalue weighted by Gasteiger charge is -2.08. The third kappa shape index (κ3) is 1.71. The summed E-state index contributed by atoms with van der Waals surface area (Å²) in [5.74, 6) is 0.446. The van der Waals surface area contributed by atoms with Crippen molar-refractivity contribution in [2.24, 2.45) is 0 Å². The molecule has 7 heteroatoms. The Morgan fingerprint density at radius 1 is 1.35 bits per heavy atom. The Morgan fingerprint density at radius 2 is 2.12 bits per heavy atom. The average Bonchev–Trinajstić information content (AvgIpc) is 2.36. The Kier molecular flexibility index (Phi) is 2.73. The largest absolute Gasteiger partial charge is 0.494 e. The van der Waals surface area contributed by atoms with Gasteiger partial charge in [0.1, 0.15) is 11.8 Å². The molecule has 0 atom stereocenters. The standard InChI is InChI=1S/C10H9N3O4/c1-16-8-3-7(13(14)15)10(17-2)6-4-11-5-12-9(6)8/h3-5H,1-2H3. The van der Waals surface area contributed by atoms with Gasteiger partial charge in [-0.25, -0.2) is 9.97 Å². The van der Waals surface area contributed by atoms with E-state index in [1.165, 1.54) is 32.8 Å². The number of benzene rings is 1. The monoisotopic (exact) mass is 235 g/mol. The van der Waals surface area contributed by atoms with E-state index >= 15 is 0 Å². The van der Waals surface area contributed by atoms with Crippen LogP contribution >= 0.6 is 0 Å². The lowest BCUT2D eigenvalue weighted by molar-refractivity contribution is -0.385. The van der Waals surface area contributed by atoms with E-state index in [-0.39, 0.29) is 11.4 Å². The third-order valence-corrected chi connectivity index (χ3v) is 2.31. The topological polar surface area (TPSA) is 87.4 Å². The van der Waals surface area contributed by atoms with Crippen molar-refractivity contribution in [2.45, 2.75) is 0 Å². The van der Waals surface area contributed by atoms with Crippen LogP contribution in [0.5, 0.6) is 11.5 Å². The maximum absolute atomic E-state index is 10.9. The average molecular weight is 235 g/mol. The zero-order valence-electron chi connectivity index (χ0n) is 9.21. The Hall–Kier alpha value is -2.44. The summed E-state index contributed by atoms with van der Waals surface area (Å²) in [6.45, 7) is 0. The van der Waals surface area contributed by atoms with Gasteiger partial charge in [-0.1, -0.05) is 0 Å². The summed E-state index contributed by atoms with van der Waals surface area (Å²) in [5.41, 5.74) is 0.302. The summed E-state index contributed by atoms with van der Waals surface area (Å²) in [6.07, 6.45) is 2.80. The molecule has 1 heterocycles. The van der Waals surface area contributed by atoms with E-state index in [9.17, 15) is 10.1 Å². The highest BCUT2D eigenvalue weighted by Crippen LogP contribution is 2.39. The molecule has 0 N–H and O–H groups in total. The Bertz CT molecular complexity index is 585. The zero-order chi connectivity index (χ0) is 12.4. The second-order valence-corrected chi connectivity index (χ2v) is 3.17. The number of nitro groups is 1. The van der Waals surface area contributed by atoms with Gasteiger partial charge < -0.3 is 9.47 Å². The molecule has 0 unspecified atom stereocenters. The highest BCUT2D eigenvalue weighted by atomic mass is 16.6. The molecule has 0 bridgehead atoms. The normalized spacial score (nSPS) is 10.2. The first-order chi connectivity index (χ1) is 8.19. The lowest BCUT2D eigenvalue weighted by atomic mass is 10.2. The fourth-order valence-electron chi connectivity index (χ4n) is 1.59. The molecule has 0 aliphatic rings. The van der Waals surface area contributed by atoms with E-state index in [4.69, 9.17) is 9.47 Å². The minimum absolute atomic E-state index is 0.131. The maximum atomic E-state index is 10.9. The molecule has 0 saturated carbocycles. The number of hydrogen-bond donors (Lipinski definition) is 0. The molecule has 0 spiro atoms. The first-order valence-electron chi connectivity index (χ1n) is 4.68.